The normalized spacial score (nSPS) is 13.8. The van der Waals surface area contributed by atoms with Gasteiger partial charge in [0, 0.05) is 11.7 Å². The van der Waals surface area contributed by atoms with E-state index in [1.807, 2.05) is 25.1 Å². The lowest BCUT2D eigenvalue weighted by Gasteiger charge is -2.16. The summed E-state index contributed by atoms with van der Waals surface area (Å²) < 4.78 is 10.7. The van der Waals surface area contributed by atoms with E-state index in [0.29, 0.717) is 0 Å². The molecule has 1 aliphatic heterocycles. The van der Waals surface area contributed by atoms with E-state index in [1.165, 1.54) is 0 Å². The van der Waals surface area contributed by atoms with Crippen LogP contribution < -0.4 is 14.8 Å². The quantitative estimate of drug-likeness (QED) is 0.902. The molecule has 5 nitrogen and oxygen atoms in total. The topological polar surface area (TPSA) is 67.8 Å². The molecule has 0 aromatic heterocycles. The summed E-state index contributed by atoms with van der Waals surface area (Å²) in [6.45, 7) is 2.29. The molecule has 21 heavy (non-hydrogen) atoms. The molecule has 2 N–H and O–H groups in total. The van der Waals surface area contributed by atoms with Crippen LogP contribution in [-0.2, 0) is 0 Å². The van der Waals surface area contributed by atoms with Crippen LogP contribution in [0.1, 0.15) is 28.9 Å². The first kappa shape index (κ1) is 13.3. The van der Waals surface area contributed by atoms with Crippen molar-refractivity contribution in [2.24, 2.45) is 0 Å². The largest absolute Gasteiger partial charge is 0.478 e. The van der Waals surface area contributed by atoms with E-state index in [0.717, 1.165) is 22.7 Å². The van der Waals surface area contributed by atoms with Crippen LogP contribution in [0.2, 0.25) is 0 Å². The summed E-state index contributed by atoms with van der Waals surface area (Å²) in [6, 6.07) is 12.6. The second-order valence-electron chi connectivity index (χ2n) is 4.86. The predicted octanol–water partition coefficient (Wildman–Crippen LogP) is 3.29. The Labute approximate surface area is 122 Å². The number of ether oxygens (including phenoxy) is 2. The van der Waals surface area contributed by atoms with Gasteiger partial charge in [-0.2, -0.15) is 0 Å². The summed E-state index contributed by atoms with van der Waals surface area (Å²) in [5.41, 5.74) is 2.21. The number of benzene rings is 2. The highest BCUT2D eigenvalue weighted by molar-refractivity contribution is 5.88. The molecule has 5 heteroatoms. The second kappa shape index (κ2) is 5.36. The Morgan fingerprint density at radius 1 is 1.14 bits per heavy atom. The van der Waals surface area contributed by atoms with Crippen molar-refractivity contribution in [2.75, 3.05) is 12.1 Å². The fourth-order valence-corrected chi connectivity index (χ4v) is 2.22. The van der Waals surface area contributed by atoms with Crippen molar-refractivity contribution in [3.8, 4) is 11.5 Å². The minimum atomic E-state index is -0.926. The molecule has 0 fully saturated rings. The van der Waals surface area contributed by atoms with Gasteiger partial charge in [0.25, 0.3) is 0 Å². The Balaban J connectivity index is 1.73. The highest BCUT2D eigenvalue weighted by Gasteiger charge is 2.15. The van der Waals surface area contributed by atoms with E-state index in [-0.39, 0.29) is 18.4 Å². The third kappa shape index (κ3) is 2.76. The molecule has 0 amide bonds. The van der Waals surface area contributed by atoms with E-state index in [2.05, 4.69) is 5.32 Å². The van der Waals surface area contributed by atoms with E-state index in [1.54, 1.807) is 24.3 Å². The Morgan fingerprint density at radius 2 is 1.86 bits per heavy atom. The molecule has 0 bridgehead atoms. The maximum Gasteiger partial charge on any atom is 0.335 e. The van der Waals surface area contributed by atoms with Crippen LogP contribution in [0.25, 0.3) is 0 Å². The predicted molar refractivity (Wildman–Crippen MR) is 78.0 cm³/mol. The molecule has 2 aromatic rings. The SMILES string of the molecule is CC(Nc1ccc(C(=O)O)cc1)c1ccc2c(c1)OCO2. The number of anilines is 1. The molecule has 3 rings (SSSR count). The number of nitrogens with one attached hydrogen (secondary N) is 1. The molecule has 0 saturated carbocycles. The number of rotatable bonds is 4. The maximum atomic E-state index is 10.8. The highest BCUT2D eigenvalue weighted by Crippen LogP contribution is 2.34. The van der Waals surface area contributed by atoms with E-state index in [4.69, 9.17) is 14.6 Å². The van der Waals surface area contributed by atoms with Gasteiger partial charge in [-0.1, -0.05) is 6.07 Å². The van der Waals surface area contributed by atoms with E-state index < -0.39 is 5.97 Å². The summed E-state index contributed by atoms with van der Waals surface area (Å²) in [4.78, 5) is 10.8. The summed E-state index contributed by atoms with van der Waals surface area (Å²) in [6.07, 6.45) is 0. The van der Waals surface area contributed by atoms with Crippen LogP contribution in [0.4, 0.5) is 5.69 Å². The third-order valence-electron chi connectivity index (χ3n) is 3.41. The van der Waals surface area contributed by atoms with Gasteiger partial charge in [-0.3, -0.25) is 0 Å². The van der Waals surface area contributed by atoms with Crippen molar-refractivity contribution >= 4 is 11.7 Å². The molecular formula is C16H15NO4. The molecular weight excluding hydrogens is 270 g/mol. The molecule has 0 spiro atoms. The van der Waals surface area contributed by atoms with Gasteiger partial charge >= 0.3 is 5.97 Å². The number of hydrogen-bond acceptors (Lipinski definition) is 4. The van der Waals surface area contributed by atoms with Crippen molar-refractivity contribution in [1.29, 1.82) is 0 Å². The van der Waals surface area contributed by atoms with Crippen molar-refractivity contribution < 1.29 is 19.4 Å². The number of aromatic carboxylic acids is 1. The minimum absolute atomic E-state index is 0.0650. The fourth-order valence-electron chi connectivity index (χ4n) is 2.22. The lowest BCUT2D eigenvalue weighted by atomic mass is 10.1. The molecule has 1 unspecified atom stereocenters. The first-order chi connectivity index (χ1) is 10.1. The van der Waals surface area contributed by atoms with Gasteiger partial charge in [-0.15, -0.1) is 0 Å². The van der Waals surface area contributed by atoms with Crippen LogP contribution in [0.5, 0.6) is 11.5 Å². The van der Waals surface area contributed by atoms with Crippen molar-refractivity contribution in [3.05, 3.63) is 53.6 Å². The van der Waals surface area contributed by atoms with E-state index in [9.17, 15) is 4.79 Å². The van der Waals surface area contributed by atoms with Gasteiger partial charge in [-0.25, -0.2) is 4.79 Å². The second-order valence-corrected chi connectivity index (χ2v) is 4.86. The number of fused-ring (bicyclic) bond motifs is 1. The Bertz CT molecular complexity index is 666. The first-order valence-corrected chi connectivity index (χ1v) is 6.63. The first-order valence-electron chi connectivity index (χ1n) is 6.63. The van der Waals surface area contributed by atoms with Crippen LogP contribution in [-0.4, -0.2) is 17.9 Å². The van der Waals surface area contributed by atoms with Crippen molar-refractivity contribution in [1.82, 2.24) is 0 Å². The monoisotopic (exact) mass is 285 g/mol. The summed E-state index contributed by atoms with van der Waals surface area (Å²) >= 11 is 0. The standard InChI is InChI=1S/C16H15NO4/c1-10(12-4-7-14-15(8-12)21-9-20-14)17-13-5-2-11(3-6-13)16(18)19/h2-8,10,17H,9H2,1H3,(H,18,19). The van der Waals surface area contributed by atoms with Crippen molar-refractivity contribution in [3.63, 3.8) is 0 Å². The summed E-state index contributed by atoms with van der Waals surface area (Å²) in [5, 5.41) is 12.2. The van der Waals surface area contributed by atoms with E-state index >= 15 is 0 Å². The zero-order chi connectivity index (χ0) is 14.8. The molecule has 1 heterocycles. The maximum absolute atomic E-state index is 10.8. The molecule has 108 valence electrons. The minimum Gasteiger partial charge on any atom is -0.478 e. The molecule has 0 radical (unpaired) electrons. The van der Waals surface area contributed by atoms with Crippen LogP contribution in [0, 0.1) is 0 Å². The molecule has 1 aliphatic rings. The highest BCUT2D eigenvalue weighted by atomic mass is 16.7. The average Bonchev–Trinajstić information content (AvgIpc) is 2.95. The molecule has 0 saturated heterocycles. The fraction of sp³-hybridized carbons (Fsp3) is 0.188. The lowest BCUT2D eigenvalue weighted by molar-refractivity contribution is 0.0697. The zero-order valence-electron chi connectivity index (χ0n) is 11.5. The summed E-state index contributed by atoms with van der Waals surface area (Å²) in [7, 11) is 0. The number of hydrogen-bond donors (Lipinski definition) is 2. The Morgan fingerprint density at radius 3 is 2.57 bits per heavy atom. The molecule has 1 atom stereocenters. The van der Waals surface area contributed by atoms with Gasteiger partial charge in [-0.05, 0) is 48.9 Å². The van der Waals surface area contributed by atoms with Crippen LogP contribution >= 0.6 is 0 Å². The molecule has 2 aromatic carbocycles. The van der Waals surface area contributed by atoms with Gasteiger partial charge < -0.3 is 19.9 Å². The Hall–Kier alpha value is -2.69. The number of carboxylic acid groups (broad SMARTS) is 1. The third-order valence-corrected chi connectivity index (χ3v) is 3.41. The van der Waals surface area contributed by atoms with Crippen LogP contribution in [0.3, 0.4) is 0 Å². The summed E-state index contributed by atoms with van der Waals surface area (Å²) in [5.74, 6) is 0.588. The van der Waals surface area contributed by atoms with Crippen molar-refractivity contribution in [2.45, 2.75) is 13.0 Å². The molecule has 0 aliphatic carbocycles. The van der Waals surface area contributed by atoms with Gasteiger partial charge in [0.2, 0.25) is 6.79 Å². The lowest BCUT2D eigenvalue weighted by Crippen LogP contribution is -2.07. The zero-order valence-corrected chi connectivity index (χ0v) is 11.5. The van der Waals surface area contributed by atoms with Gasteiger partial charge in [0.1, 0.15) is 0 Å². The average molecular weight is 285 g/mol. The van der Waals surface area contributed by atoms with Gasteiger partial charge in [0.15, 0.2) is 11.5 Å². The smallest absolute Gasteiger partial charge is 0.335 e. The van der Waals surface area contributed by atoms with Crippen LogP contribution in [0.15, 0.2) is 42.5 Å². The van der Waals surface area contributed by atoms with Gasteiger partial charge in [0.05, 0.1) is 5.56 Å². The number of carbonyl (C=O) groups is 1. The number of carboxylic acids is 1. The Kier molecular flexibility index (Phi) is 3.39.